The minimum absolute atomic E-state index is 0.0136. The Morgan fingerprint density at radius 2 is 1.83 bits per heavy atom. The minimum Gasteiger partial charge on any atom is -0.494 e. The van der Waals surface area contributed by atoms with Gasteiger partial charge in [-0.25, -0.2) is 9.79 Å². The SMILES string of the molecule is CCOC(=O)c1ccc2c(C(=Nc3ccc(CNCC(C)N)cc3)c3ccccc3)c(O)[nH]c2c1. The third kappa shape index (κ3) is 5.77. The number of nitrogens with two attached hydrogens (primary N) is 1. The van der Waals surface area contributed by atoms with E-state index in [1.807, 2.05) is 61.5 Å². The molecule has 7 heteroatoms. The molecule has 0 spiro atoms. The maximum atomic E-state index is 12.2. The summed E-state index contributed by atoms with van der Waals surface area (Å²) in [4.78, 5) is 20.1. The van der Waals surface area contributed by atoms with E-state index in [9.17, 15) is 9.90 Å². The van der Waals surface area contributed by atoms with Gasteiger partial charge in [-0.2, -0.15) is 0 Å². The second-order valence-corrected chi connectivity index (χ2v) is 8.43. The van der Waals surface area contributed by atoms with Gasteiger partial charge in [-0.1, -0.05) is 48.5 Å². The molecule has 0 bridgehead atoms. The highest BCUT2D eigenvalue weighted by atomic mass is 16.5. The van der Waals surface area contributed by atoms with Gasteiger partial charge in [0.05, 0.1) is 29.1 Å². The number of nitrogens with zero attached hydrogens (tertiary/aromatic N) is 1. The third-order valence-corrected chi connectivity index (χ3v) is 5.55. The lowest BCUT2D eigenvalue weighted by molar-refractivity contribution is 0.0526. The third-order valence-electron chi connectivity index (χ3n) is 5.55. The van der Waals surface area contributed by atoms with Crippen LogP contribution in [0.5, 0.6) is 5.88 Å². The first kappa shape index (κ1) is 24.2. The highest BCUT2D eigenvalue weighted by Crippen LogP contribution is 2.32. The molecule has 0 saturated heterocycles. The lowest BCUT2D eigenvalue weighted by Gasteiger charge is -2.09. The molecule has 35 heavy (non-hydrogen) atoms. The zero-order valence-electron chi connectivity index (χ0n) is 19.9. The Kier molecular flexibility index (Phi) is 7.60. The van der Waals surface area contributed by atoms with Gasteiger partial charge in [0.2, 0.25) is 0 Å². The summed E-state index contributed by atoms with van der Waals surface area (Å²) in [6.45, 7) is 5.50. The molecular formula is C28H30N4O3. The van der Waals surface area contributed by atoms with Gasteiger partial charge < -0.3 is 25.9 Å². The summed E-state index contributed by atoms with van der Waals surface area (Å²) in [6, 6.07) is 23.0. The molecule has 1 atom stereocenters. The number of hydrogen-bond donors (Lipinski definition) is 4. The molecule has 0 aliphatic heterocycles. The van der Waals surface area contributed by atoms with Crippen molar-refractivity contribution in [1.82, 2.24) is 10.3 Å². The number of rotatable bonds is 9. The number of ether oxygens (including phenoxy) is 1. The summed E-state index contributed by atoms with van der Waals surface area (Å²) >= 11 is 0. The number of esters is 1. The molecule has 0 fully saturated rings. The first-order valence-corrected chi connectivity index (χ1v) is 11.7. The maximum absolute atomic E-state index is 12.2. The fourth-order valence-electron chi connectivity index (χ4n) is 3.89. The van der Waals surface area contributed by atoms with Crippen molar-refractivity contribution in [3.8, 4) is 5.88 Å². The summed E-state index contributed by atoms with van der Waals surface area (Å²) in [5.41, 5.74) is 10.8. The standard InChI is InChI=1S/C28H30N4O3/c1-3-35-28(34)21-11-14-23-24(15-21)32-27(33)25(23)26(20-7-5-4-6-8-20)31-22-12-9-19(10-13-22)17-30-16-18(2)29/h4-15,18,30,32-33H,3,16-17,29H2,1-2H3. The van der Waals surface area contributed by atoms with Crippen LogP contribution in [-0.4, -0.2) is 41.0 Å². The van der Waals surface area contributed by atoms with E-state index in [1.165, 1.54) is 0 Å². The zero-order valence-corrected chi connectivity index (χ0v) is 19.9. The molecule has 1 unspecified atom stereocenters. The normalized spacial score (nSPS) is 12.6. The van der Waals surface area contributed by atoms with E-state index in [-0.39, 0.29) is 11.9 Å². The van der Waals surface area contributed by atoms with Crippen molar-refractivity contribution in [2.75, 3.05) is 13.2 Å². The van der Waals surface area contributed by atoms with Crippen molar-refractivity contribution in [1.29, 1.82) is 0 Å². The number of aromatic nitrogens is 1. The number of aromatic hydroxyl groups is 1. The Hall–Kier alpha value is -3.94. The topological polar surface area (TPSA) is 113 Å². The molecule has 1 aromatic heterocycles. The number of H-pyrrole nitrogens is 1. The largest absolute Gasteiger partial charge is 0.494 e. The molecule has 180 valence electrons. The van der Waals surface area contributed by atoms with Gasteiger partial charge in [-0.05, 0) is 43.7 Å². The summed E-state index contributed by atoms with van der Waals surface area (Å²) in [5.74, 6) is -0.419. The van der Waals surface area contributed by atoms with E-state index < -0.39 is 5.97 Å². The highest BCUT2D eigenvalue weighted by molar-refractivity contribution is 6.22. The Morgan fingerprint density at radius 1 is 1.09 bits per heavy atom. The number of aromatic amines is 1. The van der Waals surface area contributed by atoms with E-state index in [0.29, 0.717) is 29.0 Å². The number of nitrogens with one attached hydrogen (secondary N) is 2. The van der Waals surface area contributed by atoms with Gasteiger partial charge in [0, 0.05) is 35.6 Å². The molecule has 0 aliphatic rings. The fraction of sp³-hybridized carbons (Fsp3) is 0.214. The molecule has 7 nitrogen and oxygen atoms in total. The monoisotopic (exact) mass is 470 g/mol. The average molecular weight is 471 g/mol. The Bertz CT molecular complexity index is 1330. The van der Waals surface area contributed by atoms with Crippen molar-refractivity contribution in [2.24, 2.45) is 10.7 Å². The van der Waals surface area contributed by atoms with Crippen molar-refractivity contribution >= 4 is 28.3 Å². The lowest BCUT2D eigenvalue weighted by Crippen LogP contribution is -2.30. The zero-order chi connectivity index (χ0) is 24.8. The second kappa shape index (κ2) is 11.0. The van der Waals surface area contributed by atoms with Crippen LogP contribution < -0.4 is 11.1 Å². The minimum atomic E-state index is -0.405. The Morgan fingerprint density at radius 3 is 2.51 bits per heavy atom. The van der Waals surface area contributed by atoms with E-state index in [4.69, 9.17) is 15.5 Å². The number of aliphatic imine (C=N–C) groups is 1. The van der Waals surface area contributed by atoms with Gasteiger partial charge in [0.25, 0.3) is 0 Å². The number of benzene rings is 3. The number of hydrogen-bond acceptors (Lipinski definition) is 6. The van der Waals surface area contributed by atoms with E-state index in [2.05, 4.69) is 10.3 Å². The summed E-state index contributed by atoms with van der Waals surface area (Å²) in [7, 11) is 0. The smallest absolute Gasteiger partial charge is 0.338 e. The predicted molar refractivity (Wildman–Crippen MR) is 139 cm³/mol. The fourth-order valence-corrected chi connectivity index (χ4v) is 3.89. The van der Waals surface area contributed by atoms with Crippen molar-refractivity contribution in [3.63, 3.8) is 0 Å². The maximum Gasteiger partial charge on any atom is 0.338 e. The van der Waals surface area contributed by atoms with Gasteiger partial charge >= 0.3 is 5.97 Å². The molecular weight excluding hydrogens is 440 g/mol. The van der Waals surface area contributed by atoms with Crippen molar-refractivity contribution < 1.29 is 14.6 Å². The van der Waals surface area contributed by atoms with Crippen LogP contribution in [-0.2, 0) is 11.3 Å². The van der Waals surface area contributed by atoms with E-state index in [0.717, 1.165) is 35.3 Å². The average Bonchev–Trinajstić information content (AvgIpc) is 3.18. The predicted octanol–water partition coefficient (Wildman–Crippen LogP) is 4.66. The molecule has 4 rings (SSSR count). The van der Waals surface area contributed by atoms with Crippen LogP contribution in [0.15, 0.2) is 77.8 Å². The quantitative estimate of drug-likeness (QED) is 0.210. The molecule has 4 aromatic rings. The van der Waals surface area contributed by atoms with Gasteiger partial charge in [-0.15, -0.1) is 0 Å². The first-order chi connectivity index (χ1) is 17.0. The van der Waals surface area contributed by atoms with Crippen LogP contribution in [0.25, 0.3) is 10.9 Å². The molecule has 0 saturated carbocycles. The van der Waals surface area contributed by atoms with Crippen LogP contribution in [0.1, 0.15) is 40.9 Å². The van der Waals surface area contributed by atoms with Gasteiger partial charge in [0.1, 0.15) is 0 Å². The summed E-state index contributed by atoms with van der Waals surface area (Å²) < 4.78 is 5.11. The summed E-state index contributed by atoms with van der Waals surface area (Å²) in [6.07, 6.45) is 0. The molecule has 5 N–H and O–H groups in total. The highest BCUT2D eigenvalue weighted by Gasteiger charge is 2.20. The lowest BCUT2D eigenvalue weighted by atomic mass is 10.00. The molecule has 0 amide bonds. The number of carbonyl (C=O) groups excluding carboxylic acids is 1. The number of fused-ring (bicyclic) bond motifs is 1. The van der Waals surface area contributed by atoms with Crippen molar-refractivity contribution in [2.45, 2.75) is 26.4 Å². The van der Waals surface area contributed by atoms with Crippen molar-refractivity contribution in [3.05, 3.63) is 95.1 Å². The second-order valence-electron chi connectivity index (χ2n) is 8.43. The molecule has 1 heterocycles. The van der Waals surface area contributed by atoms with Gasteiger partial charge in [-0.3, -0.25) is 0 Å². The van der Waals surface area contributed by atoms with Crippen LogP contribution in [0.2, 0.25) is 0 Å². The van der Waals surface area contributed by atoms with E-state index >= 15 is 0 Å². The summed E-state index contributed by atoms with van der Waals surface area (Å²) in [5, 5.41) is 15.0. The molecule has 3 aromatic carbocycles. The molecule has 0 radical (unpaired) electrons. The van der Waals surface area contributed by atoms with Gasteiger partial charge in [0.15, 0.2) is 5.88 Å². The van der Waals surface area contributed by atoms with Crippen LogP contribution >= 0.6 is 0 Å². The number of carbonyl (C=O) groups is 1. The Labute approximate surface area is 204 Å². The van der Waals surface area contributed by atoms with Crippen LogP contribution in [0.3, 0.4) is 0 Å². The molecule has 0 aliphatic carbocycles. The van der Waals surface area contributed by atoms with E-state index in [1.54, 1.807) is 25.1 Å². The van der Waals surface area contributed by atoms with Crippen LogP contribution in [0, 0.1) is 0 Å². The van der Waals surface area contributed by atoms with Crippen LogP contribution in [0.4, 0.5) is 5.69 Å². The first-order valence-electron chi connectivity index (χ1n) is 11.7. The Balaban J connectivity index is 1.73.